The molecule has 1 atom stereocenters. The van der Waals surface area contributed by atoms with Gasteiger partial charge in [0.2, 0.25) is 0 Å². The predicted octanol–water partition coefficient (Wildman–Crippen LogP) is 5.60. The molecular formula is C27H24ClNO5. The van der Waals surface area contributed by atoms with Crippen molar-refractivity contribution in [2.24, 2.45) is 0 Å². The summed E-state index contributed by atoms with van der Waals surface area (Å²) in [5, 5.41) is 11.6. The van der Waals surface area contributed by atoms with E-state index in [1.165, 1.54) is 25.2 Å². The summed E-state index contributed by atoms with van der Waals surface area (Å²) in [6.45, 7) is 3.84. The molecule has 174 valence electrons. The second-order valence-electron chi connectivity index (χ2n) is 8.10. The Morgan fingerprint density at radius 3 is 2.26 bits per heavy atom. The van der Waals surface area contributed by atoms with Crippen LogP contribution in [0.4, 0.5) is 5.69 Å². The van der Waals surface area contributed by atoms with Gasteiger partial charge in [-0.25, -0.2) is 0 Å². The van der Waals surface area contributed by atoms with Gasteiger partial charge in [-0.15, -0.1) is 0 Å². The summed E-state index contributed by atoms with van der Waals surface area (Å²) in [4.78, 5) is 28.2. The Morgan fingerprint density at radius 1 is 0.941 bits per heavy atom. The van der Waals surface area contributed by atoms with Gasteiger partial charge in [0.1, 0.15) is 17.3 Å². The molecule has 0 radical (unpaired) electrons. The number of Topliss-reactive ketones (excluding diaryl/α,β-unsaturated/α-hetero) is 1. The van der Waals surface area contributed by atoms with Gasteiger partial charge < -0.3 is 14.6 Å². The van der Waals surface area contributed by atoms with Crippen LogP contribution in [0.2, 0.25) is 5.02 Å². The first kappa shape index (κ1) is 23.4. The number of hydrogen-bond donors (Lipinski definition) is 1. The average molecular weight is 478 g/mol. The molecule has 3 aromatic carbocycles. The van der Waals surface area contributed by atoms with Crippen LogP contribution in [-0.4, -0.2) is 31.0 Å². The topological polar surface area (TPSA) is 76.1 Å². The number of rotatable bonds is 5. The fourth-order valence-electron chi connectivity index (χ4n) is 4.33. The molecule has 3 aromatic rings. The summed E-state index contributed by atoms with van der Waals surface area (Å²) in [6, 6.07) is 16.6. The van der Waals surface area contributed by atoms with Gasteiger partial charge in [-0.1, -0.05) is 35.9 Å². The monoisotopic (exact) mass is 477 g/mol. The van der Waals surface area contributed by atoms with E-state index in [2.05, 4.69) is 0 Å². The maximum atomic E-state index is 13.4. The molecule has 1 amide bonds. The molecule has 0 aromatic heterocycles. The van der Waals surface area contributed by atoms with Crippen molar-refractivity contribution in [2.75, 3.05) is 19.1 Å². The van der Waals surface area contributed by atoms with Crippen LogP contribution < -0.4 is 14.4 Å². The molecule has 1 N–H and O–H groups in total. The van der Waals surface area contributed by atoms with Crippen LogP contribution in [0, 0.1) is 13.8 Å². The third-order valence-electron chi connectivity index (χ3n) is 5.79. The number of amides is 1. The van der Waals surface area contributed by atoms with Gasteiger partial charge >= 0.3 is 0 Å². The Bertz CT molecular complexity index is 1310. The number of carbonyl (C=O) groups excluding carboxylic acids is 2. The minimum absolute atomic E-state index is 0.0798. The summed E-state index contributed by atoms with van der Waals surface area (Å²) in [6.07, 6.45) is 0. The zero-order valence-electron chi connectivity index (χ0n) is 19.3. The number of hydrogen-bond acceptors (Lipinski definition) is 5. The van der Waals surface area contributed by atoms with Crippen molar-refractivity contribution in [2.45, 2.75) is 19.9 Å². The van der Waals surface area contributed by atoms with Gasteiger partial charge in [0.05, 0.1) is 30.9 Å². The first-order valence-corrected chi connectivity index (χ1v) is 11.0. The van der Waals surface area contributed by atoms with Crippen LogP contribution in [0.25, 0.3) is 5.76 Å². The molecule has 0 aliphatic carbocycles. The highest BCUT2D eigenvalue weighted by Gasteiger charge is 2.48. The van der Waals surface area contributed by atoms with Crippen molar-refractivity contribution >= 4 is 34.7 Å². The lowest BCUT2D eigenvalue weighted by atomic mass is 9.94. The zero-order chi connectivity index (χ0) is 24.6. The lowest BCUT2D eigenvalue weighted by Gasteiger charge is -2.27. The highest BCUT2D eigenvalue weighted by Crippen LogP contribution is 2.46. The van der Waals surface area contributed by atoms with Crippen LogP contribution in [0.5, 0.6) is 11.5 Å². The molecule has 1 unspecified atom stereocenters. The summed E-state index contributed by atoms with van der Waals surface area (Å²) < 4.78 is 10.8. The molecule has 7 heteroatoms. The van der Waals surface area contributed by atoms with E-state index in [4.69, 9.17) is 21.1 Å². The third-order valence-corrected chi connectivity index (χ3v) is 6.12. The van der Waals surface area contributed by atoms with Crippen molar-refractivity contribution in [1.29, 1.82) is 0 Å². The zero-order valence-corrected chi connectivity index (χ0v) is 20.0. The molecule has 1 fully saturated rings. The van der Waals surface area contributed by atoms with E-state index in [1.807, 2.05) is 32.0 Å². The predicted molar refractivity (Wildman–Crippen MR) is 132 cm³/mol. The first-order valence-electron chi connectivity index (χ1n) is 10.6. The third kappa shape index (κ3) is 4.01. The van der Waals surface area contributed by atoms with Gasteiger partial charge in [-0.3, -0.25) is 14.5 Å². The Hall–Kier alpha value is -3.77. The Labute approximate surface area is 203 Å². The maximum absolute atomic E-state index is 13.4. The van der Waals surface area contributed by atoms with Gasteiger partial charge in [-0.2, -0.15) is 0 Å². The highest BCUT2D eigenvalue weighted by molar-refractivity contribution is 6.52. The smallest absolute Gasteiger partial charge is 0.300 e. The van der Waals surface area contributed by atoms with Crippen LogP contribution in [0.3, 0.4) is 0 Å². The van der Waals surface area contributed by atoms with E-state index in [0.717, 1.165) is 11.1 Å². The molecule has 0 bridgehead atoms. The van der Waals surface area contributed by atoms with Crippen LogP contribution in [0.15, 0.2) is 66.2 Å². The second-order valence-corrected chi connectivity index (χ2v) is 8.51. The molecule has 0 spiro atoms. The van der Waals surface area contributed by atoms with Crippen LogP contribution in [-0.2, 0) is 9.59 Å². The SMILES string of the molecule is COc1ccc(Cl)c(/C(O)=C2\C(=O)C(=O)N(c3cc(C)cc(C)c3)C2c2ccccc2OC)c1. The van der Waals surface area contributed by atoms with Gasteiger partial charge in [0.25, 0.3) is 11.7 Å². The number of anilines is 1. The molecule has 0 saturated carbocycles. The van der Waals surface area contributed by atoms with Gasteiger partial charge in [0.15, 0.2) is 0 Å². The van der Waals surface area contributed by atoms with Crippen LogP contribution in [0.1, 0.15) is 28.3 Å². The molecule has 6 nitrogen and oxygen atoms in total. The number of ether oxygens (including phenoxy) is 2. The standard InChI is InChI=1S/C27H24ClNO5/c1-15-11-16(2)13-17(12-15)29-24(19-7-5-6-8-22(19)34-4)23(26(31)27(29)32)25(30)20-14-18(33-3)9-10-21(20)28/h5-14,24,30H,1-4H3/b25-23+. The molecule has 1 saturated heterocycles. The average Bonchev–Trinajstić information content (AvgIpc) is 3.08. The number of halogens is 1. The highest BCUT2D eigenvalue weighted by atomic mass is 35.5. The second kappa shape index (κ2) is 9.23. The molecular weight excluding hydrogens is 454 g/mol. The minimum atomic E-state index is -0.931. The summed E-state index contributed by atoms with van der Waals surface area (Å²) in [5.74, 6) is -1.02. The summed E-state index contributed by atoms with van der Waals surface area (Å²) >= 11 is 6.37. The Morgan fingerprint density at radius 2 is 1.62 bits per heavy atom. The summed E-state index contributed by atoms with van der Waals surface area (Å²) in [7, 11) is 3.00. The molecule has 4 rings (SSSR count). The number of benzene rings is 3. The van der Waals surface area contributed by atoms with Gasteiger partial charge in [-0.05, 0) is 61.4 Å². The molecule has 1 aliphatic heterocycles. The van der Waals surface area contributed by atoms with Crippen molar-refractivity contribution in [3.63, 3.8) is 0 Å². The number of para-hydroxylation sites is 1. The number of nitrogens with zero attached hydrogens (tertiary/aromatic N) is 1. The number of aryl methyl sites for hydroxylation is 2. The van der Waals surface area contributed by atoms with Crippen molar-refractivity contribution in [3.05, 3.63) is 93.5 Å². The fourth-order valence-corrected chi connectivity index (χ4v) is 4.54. The largest absolute Gasteiger partial charge is 0.507 e. The van der Waals surface area contributed by atoms with E-state index >= 15 is 0 Å². The normalized spacial score (nSPS) is 17.2. The number of ketones is 1. The van der Waals surface area contributed by atoms with E-state index in [1.54, 1.807) is 36.4 Å². The first-order chi connectivity index (χ1) is 16.3. The van der Waals surface area contributed by atoms with Crippen molar-refractivity contribution in [3.8, 4) is 11.5 Å². The van der Waals surface area contributed by atoms with E-state index in [9.17, 15) is 14.7 Å². The Kier molecular flexibility index (Phi) is 6.35. The van der Waals surface area contributed by atoms with E-state index in [-0.39, 0.29) is 21.9 Å². The number of aliphatic hydroxyl groups excluding tert-OH is 1. The summed E-state index contributed by atoms with van der Waals surface area (Å²) in [5.41, 5.74) is 3.09. The molecule has 1 heterocycles. The number of methoxy groups -OCH3 is 2. The lowest BCUT2D eigenvalue weighted by molar-refractivity contribution is -0.132. The van der Waals surface area contributed by atoms with E-state index in [0.29, 0.717) is 22.7 Å². The maximum Gasteiger partial charge on any atom is 0.300 e. The Balaban J connectivity index is 2.03. The minimum Gasteiger partial charge on any atom is -0.507 e. The molecule has 1 aliphatic rings. The molecule has 34 heavy (non-hydrogen) atoms. The van der Waals surface area contributed by atoms with Crippen LogP contribution >= 0.6 is 11.6 Å². The quantitative estimate of drug-likeness (QED) is 0.294. The number of aliphatic hydroxyl groups is 1. The van der Waals surface area contributed by atoms with E-state index < -0.39 is 17.7 Å². The fraction of sp³-hybridized carbons (Fsp3) is 0.185. The van der Waals surface area contributed by atoms with Crippen molar-refractivity contribution < 1.29 is 24.2 Å². The number of carbonyl (C=O) groups is 2. The lowest BCUT2D eigenvalue weighted by Crippen LogP contribution is -2.29. The van der Waals surface area contributed by atoms with Gasteiger partial charge in [0, 0.05) is 16.8 Å². The van der Waals surface area contributed by atoms with Crippen molar-refractivity contribution in [1.82, 2.24) is 0 Å².